The van der Waals surface area contributed by atoms with Gasteiger partial charge in [-0.3, -0.25) is 14.4 Å². The largest absolute Gasteiger partial charge is 0.468 e. The summed E-state index contributed by atoms with van der Waals surface area (Å²) in [6.45, 7) is 8.61. The second-order valence-electron chi connectivity index (χ2n) is 8.55. The number of ether oxygens (including phenoxy) is 2. The van der Waals surface area contributed by atoms with E-state index in [0.29, 0.717) is 12.0 Å². The highest BCUT2D eigenvalue weighted by Gasteiger charge is 2.27. The topological polar surface area (TPSA) is 123 Å². The maximum Gasteiger partial charge on any atom is 0.408 e. The number of carbonyl (C=O) groups excluding carboxylic acids is 4. The molecule has 3 amide bonds. The Balaban J connectivity index is 3.07. The second kappa shape index (κ2) is 12.5. The number of hydrogen-bond acceptors (Lipinski definition) is 6. The normalized spacial score (nSPS) is 12.5. The van der Waals surface area contributed by atoms with Crippen LogP contribution in [0.1, 0.15) is 46.6 Å². The van der Waals surface area contributed by atoms with E-state index in [1.54, 1.807) is 45.0 Å². The molecule has 32 heavy (non-hydrogen) atoms. The van der Waals surface area contributed by atoms with Crippen LogP contribution in [0.5, 0.6) is 0 Å². The van der Waals surface area contributed by atoms with Crippen molar-refractivity contribution < 1.29 is 28.7 Å². The molecule has 0 bridgehead atoms. The van der Waals surface area contributed by atoms with Crippen molar-refractivity contribution in [2.45, 2.75) is 52.7 Å². The van der Waals surface area contributed by atoms with E-state index >= 15 is 0 Å². The van der Waals surface area contributed by atoms with Gasteiger partial charge in [-0.25, -0.2) is 4.79 Å². The van der Waals surface area contributed by atoms with Gasteiger partial charge in [0.15, 0.2) is 0 Å². The van der Waals surface area contributed by atoms with E-state index in [9.17, 15) is 19.2 Å². The molecular formula is C23H33N3O6. The molecule has 0 spiro atoms. The molecule has 0 aliphatic rings. The Kier molecular flexibility index (Phi) is 10.4. The summed E-state index contributed by atoms with van der Waals surface area (Å²) in [6.07, 6.45) is 1.07. The van der Waals surface area contributed by atoms with Crippen molar-refractivity contribution in [3.05, 3.63) is 41.6 Å². The molecule has 0 unspecified atom stereocenters. The van der Waals surface area contributed by atoms with Gasteiger partial charge in [-0.05, 0) is 44.7 Å². The highest BCUT2D eigenvalue weighted by atomic mass is 16.6. The van der Waals surface area contributed by atoms with Crippen LogP contribution in [0, 0.1) is 5.92 Å². The molecule has 0 aliphatic heterocycles. The first-order chi connectivity index (χ1) is 14.9. The summed E-state index contributed by atoms with van der Waals surface area (Å²) < 4.78 is 9.77. The van der Waals surface area contributed by atoms with Crippen LogP contribution in [0.2, 0.25) is 0 Å². The van der Waals surface area contributed by atoms with Crippen molar-refractivity contribution in [2.75, 3.05) is 13.7 Å². The number of methoxy groups -OCH3 is 1. The minimum atomic E-state index is -0.933. The lowest BCUT2D eigenvalue weighted by Crippen LogP contribution is -2.50. The summed E-state index contributed by atoms with van der Waals surface area (Å²) in [5, 5.41) is 7.54. The maximum atomic E-state index is 13.0. The van der Waals surface area contributed by atoms with Crippen molar-refractivity contribution in [2.24, 2.45) is 5.92 Å². The molecule has 1 aromatic carbocycles. The Hall–Kier alpha value is -3.36. The highest BCUT2D eigenvalue weighted by Crippen LogP contribution is 2.11. The fraction of sp³-hybridized carbons (Fsp3) is 0.478. The molecule has 1 rings (SSSR count). The molecule has 3 N–H and O–H groups in total. The fourth-order valence-corrected chi connectivity index (χ4v) is 2.57. The zero-order valence-corrected chi connectivity index (χ0v) is 19.5. The van der Waals surface area contributed by atoms with Crippen LogP contribution in [0.4, 0.5) is 4.79 Å². The number of esters is 1. The van der Waals surface area contributed by atoms with Crippen LogP contribution in [0.15, 0.2) is 36.0 Å². The first kappa shape index (κ1) is 26.7. The van der Waals surface area contributed by atoms with Gasteiger partial charge in [0.1, 0.15) is 23.9 Å². The fourth-order valence-electron chi connectivity index (χ4n) is 2.57. The first-order valence-corrected chi connectivity index (χ1v) is 10.3. The molecule has 0 radical (unpaired) electrons. The zero-order valence-electron chi connectivity index (χ0n) is 19.5. The first-order valence-electron chi connectivity index (χ1n) is 10.3. The summed E-state index contributed by atoms with van der Waals surface area (Å²) in [5.41, 5.74) is -0.142. The number of amides is 3. The van der Waals surface area contributed by atoms with E-state index in [-0.39, 0.29) is 18.2 Å². The lowest BCUT2D eigenvalue weighted by Gasteiger charge is -2.24. The van der Waals surface area contributed by atoms with Crippen molar-refractivity contribution in [1.29, 1.82) is 0 Å². The van der Waals surface area contributed by atoms with Gasteiger partial charge in [0.25, 0.3) is 5.91 Å². The van der Waals surface area contributed by atoms with Crippen LogP contribution >= 0.6 is 0 Å². The predicted molar refractivity (Wildman–Crippen MR) is 120 cm³/mol. The lowest BCUT2D eigenvalue weighted by molar-refractivity contribution is -0.140. The zero-order chi connectivity index (χ0) is 24.3. The minimum absolute atomic E-state index is 0.0788. The van der Waals surface area contributed by atoms with Crippen LogP contribution < -0.4 is 16.0 Å². The maximum absolute atomic E-state index is 13.0. The SMILES string of the molecule is COC(=O)CNC(=O)/C(=C/c1ccccc1)NC(=O)[C@H](CC(C)C)NC(=O)OC(C)(C)C. The number of hydrogen-bond donors (Lipinski definition) is 3. The summed E-state index contributed by atoms with van der Waals surface area (Å²) in [7, 11) is 1.20. The number of nitrogens with one attached hydrogen (secondary N) is 3. The van der Waals surface area contributed by atoms with Gasteiger partial charge in [-0.15, -0.1) is 0 Å². The average Bonchev–Trinajstić information content (AvgIpc) is 2.69. The van der Waals surface area contributed by atoms with E-state index in [2.05, 4.69) is 20.7 Å². The van der Waals surface area contributed by atoms with Gasteiger partial charge in [-0.2, -0.15) is 0 Å². The number of alkyl carbamates (subject to hydrolysis) is 1. The molecule has 1 aromatic rings. The van der Waals surface area contributed by atoms with E-state index in [4.69, 9.17) is 4.74 Å². The van der Waals surface area contributed by atoms with E-state index < -0.39 is 35.5 Å². The third kappa shape index (κ3) is 10.6. The molecule has 0 aliphatic carbocycles. The molecular weight excluding hydrogens is 414 g/mol. The summed E-state index contributed by atoms with van der Waals surface area (Å²) >= 11 is 0. The molecule has 1 atom stereocenters. The van der Waals surface area contributed by atoms with Gasteiger partial charge in [0.05, 0.1) is 7.11 Å². The smallest absolute Gasteiger partial charge is 0.408 e. The molecule has 0 fully saturated rings. The van der Waals surface area contributed by atoms with Gasteiger partial charge in [0, 0.05) is 0 Å². The second-order valence-corrected chi connectivity index (χ2v) is 8.55. The molecule has 9 nitrogen and oxygen atoms in total. The van der Waals surface area contributed by atoms with Gasteiger partial charge >= 0.3 is 12.1 Å². The Bertz CT molecular complexity index is 828. The third-order valence-electron chi connectivity index (χ3n) is 3.95. The number of benzene rings is 1. The van der Waals surface area contributed by atoms with Crippen LogP contribution in [0.3, 0.4) is 0 Å². The average molecular weight is 448 g/mol. The summed E-state index contributed by atoms with van der Waals surface area (Å²) in [4.78, 5) is 49.2. The predicted octanol–water partition coefficient (Wildman–Crippen LogP) is 2.37. The molecule has 0 saturated heterocycles. The third-order valence-corrected chi connectivity index (χ3v) is 3.95. The quantitative estimate of drug-likeness (QED) is 0.395. The Morgan fingerprint density at radius 2 is 1.69 bits per heavy atom. The minimum Gasteiger partial charge on any atom is -0.468 e. The number of carbonyl (C=O) groups is 4. The van der Waals surface area contributed by atoms with Crippen molar-refractivity contribution in [3.63, 3.8) is 0 Å². The highest BCUT2D eigenvalue weighted by molar-refractivity contribution is 6.03. The lowest BCUT2D eigenvalue weighted by atomic mass is 10.0. The van der Waals surface area contributed by atoms with Gasteiger partial charge in [-0.1, -0.05) is 44.2 Å². The Morgan fingerprint density at radius 1 is 1.06 bits per heavy atom. The molecule has 0 aromatic heterocycles. The van der Waals surface area contributed by atoms with Gasteiger partial charge < -0.3 is 25.4 Å². The monoisotopic (exact) mass is 447 g/mol. The number of rotatable bonds is 9. The van der Waals surface area contributed by atoms with Crippen LogP contribution in [-0.2, 0) is 23.9 Å². The van der Waals surface area contributed by atoms with Crippen molar-refractivity contribution in [1.82, 2.24) is 16.0 Å². The Labute approximate surface area is 188 Å². The van der Waals surface area contributed by atoms with Crippen molar-refractivity contribution >= 4 is 30.0 Å². The molecule has 176 valence electrons. The van der Waals surface area contributed by atoms with Gasteiger partial charge in [0.2, 0.25) is 5.91 Å². The molecule has 9 heteroatoms. The summed E-state index contributed by atoms with van der Waals surface area (Å²) in [6, 6.07) is 7.95. The van der Waals surface area contributed by atoms with E-state index in [1.807, 2.05) is 19.9 Å². The van der Waals surface area contributed by atoms with Crippen molar-refractivity contribution in [3.8, 4) is 0 Å². The van der Waals surface area contributed by atoms with Crippen LogP contribution in [-0.4, -0.2) is 49.2 Å². The standard InChI is InChI=1S/C23H33N3O6/c1-15(2)12-17(26-22(30)32-23(3,4)5)21(29)25-18(13-16-10-8-7-9-11-16)20(28)24-14-19(27)31-6/h7-11,13,15,17H,12,14H2,1-6H3,(H,24,28)(H,25,29)(H,26,30)/b18-13-/t17-/m0/s1. The van der Waals surface area contributed by atoms with E-state index in [1.165, 1.54) is 13.2 Å². The summed E-state index contributed by atoms with van der Waals surface area (Å²) in [5.74, 6) is -1.81. The van der Waals surface area contributed by atoms with Crippen LogP contribution in [0.25, 0.3) is 6.08 Å². The Morgan fingerprint density at radius 3 is 2.22 bits per heavy atom. The van der Waals surface area contributed by atoms with E-state index in [0.717, 1.165) is 0 Å². The molecule has 0 heterocycles. The molecule has 0 saturated carbocycles.